The van der Waals surface area contributed by atoms with E-state index in [0.29, 0.717) is 35.9 Å². The fraction of sp³-hybridized carbons (Fsp3) is 0.444. The number of nitrogens with two attached hydrogens (primary N) is 1. The molecule has 1 saturated heterocycles. The Morgan fingerprint density at radius 3 is 2.72 bits per heavy atom. The Morgan fingerprint density at radius 2 is 2.00 bits per heavy atom. The number of aliphatic hydroxyl groups is 2. The first-order chi connectivity index (χ1) is 15.4. The summed E-state index contributed by atoms with van der Waals surface area (Å²) >= 11 is 0. The predicted octanol–water partition coefficient (Wildman–Crippen LogP) is -0.520. The van der Waals surface area contributed by atoms with Gasteiger partial charge in [-0.3, -0.25) is 4.57 Å². The maximum absolute atomic E-state index is 10.6. The highest BCUT2D eigenvalue weighted by Gasteiger charge is 2.47. The summed E-state index contributed by atoms with van der Waals surface area (Å²) in [5, 5.41) is 27.9. The minimum Gasteiger partial charge on any atom is -0.387 e. The van der Waals surface area contributed by atoms with Gasteiger partial charge in [-0.15, -0.1) is 0 Å². The number of aryl methyl sites for hydroxylation is 2. The van der Waals surface area contributed by atoms with Crippen molar-refractivity contribution in [2.45, 2.75) is 37.9 Å². The van der Waals surface area contributed by atoms with E-state index >= 15 is 0 Å². The van der Waals surface area contributed by atoms with E-state index in [2.05, 4.69) is 35.4 Å². The van der Waals surface area contributed by atoms with E-state index in [1.807, 2.05) is 17.8 Å². The van der Waals surface area contributed by atoms with Crippen LogP contribution in [0.3, 0.4) is 0 Å². The molecule has 32 heavy (non-hydrogen) atoms. The maximum Gasteiger partial charge on any atom is 0.258 e. The van der Waals surface area contributed by atoms with Gasteiger partial charge in [-0.05, 0) is 6.92 Å². The molecule has 5 N–H and O–H groups in total. The van der Waals surface area contributed by atoms with Crippen LogP contribution in [0.5, 0.6) is 0 Å². The number of nitrogens with zero attached hydrogens (tertiary/aromatic N) is 8. The molecule has 5 rings (SSSR count). The first-order valence-corrected chi connectivity index (χ1v) is 9.93. The molecule has 14 heteroatoms. The summed E-state index contributed by atoms with van der Waals surface area (Å²) < 4.78 is 14.3. The molecule has 1 aliphatic heterocycles. The van der Waals surface area contributed by atoms with Crippen molar-refractivity contribution in [3.8, 4) is 0 Å². The van der Waals surface area contributed by atoms with Crippen molar-refractivity contribution in [3.05, 3.63) is 36.3 Å². The zero-order valence-electron chi connectivity index (χ0n) is 17.3. The number of fused-ring (bicyclic) bond motifs is 1. The van der Waals surface area contributed by atoms with Crippen LogP contribution in [0, 0.1) is 6.92 Å². The Hall–Kier alpha value is -3.62. The van der Waals surface area contributed by atoms with Crippen LogP contribution >= 0.6 is 0 Å². The van der Waals surface area contributed by atoms with Crippen molar-refractivity contribution >= 4 is 22.9 Å². The molecule has 1 fully saturated rings. The molecule has 0 amide bonds. The minimum atomic E-state index is -1.29. The Morgan fingerprint density at radius 1 is 1.16 bits per heavy atom. The van der Waals surface area contributed by atoms with Crippen LogP contribution in [0.25, 0.3) is 11.2 Å². The zero-order chi connectivity index (χ0) is 22.4. The Balaban J connectivity index is 1.39. The number of aromatic nitrogens is 8. The smallest absolute Gasteiger partial charge is 0.258 e. The van der Waals surface area contributed by atoms with Crippen molar-refractivity contribution in [2.75, 3.05) is 17.6 Å². The summed E-state index contributed by atoms with van der Waals surface area (Å²) in [7, 11) is 1.91. The topological polar surface area (TPSA) is 188 Å². The number of aliphatic hydroxyl groups excluding tert-OH is 2. The largest absolute Gasteiger partial charge is 0.387 e. The number of nitrogen functional groups attached to an aromatic ring is 1. The van der Waals surface area contributed by atoms with Gasteiger partial charge in [0.2, 0.25) is 5.95 Å². The van der Waals surface area contributed by atoms with Gasteiger partial charge in [-0.1, -0.05) is 5.16 Å². The normalized spacial score (nSPS) is 23.2. The van der Waals surface area contributed by atoms with Crippen molar-refractivity contribution in [2.24, 2.45) is 7.05 Å². The molecule has 0 spiro atoms. The fourth-order valence-electron chi connectivity index (χ4n) is 3.62. The zero-order valence-corrected chi connectivity index (χ0v) is 17.3. The summed E-state index contributed by atoms with van der Waals surface area (Å²) in [5.74, 6) is 0.937. The molecule has 0 unspecified atom stereocenters. The van der Waals surface area contributed by atoms with Gasteiger partial charge in [0.05, 0.1) is 18.3 Å². The van der Waals surface area contributed by atoms with E-state index in [1.54, 1.807) is 13.3 Å². The fourth-order valence-corrected chi connectivity index (χ4v) is 3.62. The number of anilines is 2. The summed E-state index contributed by atoms with van der Waals surface area (Å²) in [4.78, 5) is 21.3. The summed E-state index contributed by atoms with van der Waals surface area (Å²) in [6.07, 6.45) is 1.19. The number of ether oxygens (including phenoxy) is 1. The molecule has 4 aromatic rings. The highest BCUT2D eigenvalue weighted by atomic mass is 16.6. The van der Waals surface area contributed by atoms with Gasteiger partial charge in [-0.25, -0.2) is 9.97 Å². The second-order valence-electron chi connectivity index (χ2n) is 7.57. The monoisotopic (exact) mass is 442 g/mol. The molecule has 4 aromatic heterocycles. The first-order valence-electron chi connectivity index (χ1n) is 9.93. The Kier molecular flexibility index (Phi) is 4.96. The average molecular weight is 442 g/mol. The van der Waals surface area contributed by atoms with E-state index in [0.717, 1.165) is 5.69 Å². The Labute approximate surface area is 181 Å². The van der Waals surface area contributed by atoms with Crippen LogP contribution in [0.1, 0.15) is 29.7 Å². The lowest BCUT2D eigenvalue weighted by Gasteiger charge is -2.16. The van der Waals surface area contributed by atoms with Gasteiger partial charge in [0.15, 0.2) is 29.6 Å². The number of hydrogen-bond acceptors (Lipinski definition) is 12. The lowest BCUT2D eigenvalue weighted by molar-refractivity contribution is -0.0451. The number of hydrogen-bond donors (Lipinski definition) is 4. The molecule has 0 bridgehead atoms. The summed E-state index contributed by atoms with van der Waals surface area (Å²) in [6, 6.07) is 0. The molecular weight excluding hydrogens is 420 g/mol. The summed E-state index contributed by atoms with van der Waals surface area (Å²) in [6.45, 7) is 2.18. The van der Waals surface area contributed by atoms with E-state index in [4.69, 9.17) is 15.0 Å². The third kappa shape index (κ3) is 3.53. The Bertz CT molecular complexity index is 1250. The number of rotatable bonds is 6. The molecule has 0 radical (unpaired) electrons. The maximum atomic E-state index is 10.6. The van der Waals surface area contributed by atoms with Gasteiger partial charge in [-0.2, -0.15) is 15.0 Å². The van der Waals surface area contributed by atoms with E-state index < -0.39 is 24.5 Å². The van der Waals surface area contributed by atoms with Gasteiger partial charge < -0.3 is 35.1 Å². The SMILES string of the molecule is Cc1noc([C@H]2O[C@@H](n3cnc4c(N)nc(NCCc5cn(C)cn5)nc43)[C@H](O)[C@@H]2O)n1. The first kappa shape index (κ1) is 20.3. The predicted molar refractivity (Wildman–Crippen MR) is 109 cm³/mol. The molecule has 4 atom stereocenters. The van der Waals surface area contributed by atoms with Gasteiger partial charge in [0.1, 0.15) is 17.7 Å². The van der Waals surface area contributed by atoms with Crippen molar-refractivity contribution in [1.29, 1.82) is 0 Å². The second kappa shape index (κ2) is 7.81. The van der Waals surface area contributed by atoms with Crippen molar-refractivity contribution in [3.63, 3.8) is 0 Å². The van der Waals surface area contributed by atoms with E-state index in [1.165, 1.54) is 10.9 Å². The average Bonchev–Trinajstić information content (AvgIpc) is 3.52. The van der Waals surface area contributed by atoms with E-state index in [-0.39, 0.29) is 11.7 Å². The molecule has 0 aliphatic carbocycles. The lowest BCUT2D eigenvalue weighted by atomic mass is 10.1. The number of imidazole rings is 2. The molecule has 1 aliphatic rings. The molecule has 14 nitrogen and oxygen atoms in total. The minimum absolute atomic E-state index is 0.0759. The van der Waals surface area contributed by atoms with Crippen LogP contribution in [-0.4, -0.2) is 68.2 Å². The third-order valence-corrected chi connectivity index (χ3v) is 5.17. The van der Waals surface area contributed by atoms with Crippen LogP contribution in [0.15, 0.2) is 23.4 Å². The van der Waals surface area contributed by atoms with Crippen molar-refractivity contribution < 1.29 is 19.5 Å². The van der Waals surface area contributed by atoms with Crippen LogP contribution in [0.2, 0.25) is 0 Å². The second-order valence-corrected chi connectivity index (χ2v) is 7.57. The number of nitrogens with one attached hydrogen (secondary N) is 1. The van der Waals surface area contributed by atoms with Gasteiger partial charge >= 0.3 is 0 Å². The highest BCUT2D eigenvalue weighted by molar-refractivity contribution is 5.83. The van der Waals surface area contributed by atoms with E-state index in [9.17, 15) is 10.2 Å². The van der Waals surface area contributed by atoms with Crippen molar-refractivity contribution in [1.82, 2.24) is 39.2 Å². The quantitative estimate of drug-likeness (QED) is 0.299. The standard InChI is InChI=1S/C18H22N10O4/c1-8-23-16(32-26-8)13-11(29)12(30)17(31-13)28-7-22-10-14(19)24-18(25-15(10)28)20-4-3-9-5-27(2)6-21-9/h5-7,11-13,17,29-30H,3-4H2,1-2H3,(H3,19,20,24,25)/t11-,12+,13-,17+/m0/s1. The molecule has 0 saturated carbocycles. The molecule has 5 heterocycles. The van der Waals surface area contributed by atoms with Gasteiger partial charge in [0.25, 0.3) is 5.89 Å². The lowest BCUT2D eigenvalue weighted by Crippen LogP contribution is -2.29. The molecule has 0 aromatic carbocycles. The third-order valence-electron chi connectivity index (χ3n) is 5.17. The van der Waals surface area contributed by atoms with Crippen LogP contribution < -0.4 is 11.1 Å². The van der Waals surface area contributed by atoms with Crippen LogP contribution in [0.4, 0.5) is 11.8 Å². The van der Waals surface area contributed by atoms with Gasteiger partial charge in [0, 0.05) is 26.2 Å². The summed E-state index contributed by atoms with van der Waals surface area (Å²) in [5.41, 5.74) is 7.69. The highest BCUT2D eigenvalue weighted by Crippen LogP contribution is 2.39. The molecule has 168 valence electrons. The molecular formula is C18H22N10O4. The van der Waals surface area contributed by atoms with Crippen LogP contribution in [-0.2, 0) is 18.2 Å².